The highest BCUT2D eigenvalue weighted by atomic mass is 16.2. The van der Waals surface area contributed by atoms with Crippen molar-refractivity contribution in [1.29, 1.82) is 5.26 Å². The van der Waals surface area contributed by atoms with Gasteiger partial charge in [-0.15, -0.1) is 0 Å². The fourth-order valence-electron chi connectivity index (χ4n) is 2.85. The quantitative estimate of drug-likeness (QED) is 0.920. The second kappa shape index (κ2) is 6.58. The first-order chi connectivity index (χ1) is 11.2. The summed E-state index contributed by atoms with van der Waals surface area (Å²) < 4.78 is 0. The third-order valence-corrected chi connectivity index (χ3v) is 4.13. The number of nitrogens with zero attached hydrogens (tertiary/aromatic N) is 5. The van der Waals surface area contributed by atoms with Gasteiger partial charge in [-0.1, -0.05) is 6.92 Å². The molecule has 0 radical (unpaired) electrons. The number of aromatic amines is 1. The predicted octanol–water partition coefficient (Wildman–Crippen LogP) is 1.20. The van der Waals surface area contributed by atoms with Gasteiger partial charge in [0, 0.05) is 38.2 Å². The van der Waals surface area contributed by atoms with Crippen LogP contribution in [0.2, 0.25) is 0 Å². The summed E-state index contributed by atoms with van der Waals surface area (Å²) in [5.41, 5.74) is 0.818. The van der Waals surface area contributed by atoms with E-state index < -0.39 is 0 Å². The molecule has 1 amide bonds. The van der Waals surface area contributed by atoms with Crippen LogP contribution in [0.4, 0.5) is 0 Å². The standard InChI is InChI=1S/C16H18N6O/c1-2-21-7-8-22(11-14(21)15-18-5-6-19-15)16(23)13-4-3-12(9-17)10-20-13/h3-6,10,14H,2,7-8,11H2,1H3,(H,18,19)/t14-/m0/s1. The molecule has 3 heterocycles. The van der Waals surface area contributed by atoms with E-state index in [1.54, 1.807) is 29.4 Å². The van der Waals surface area contributed by atoms with E-state index in [0.717, 1.165) is 18.9 Å². The summed E-state index contributed by atoms with van der Waals surface area (Å²) >= 11 is 0. The third kappa shape index (κ3) is 3.07. The number of pyridine rings is 1. The highest BCUT2D eigenvalue weighted by Gasteiger charge is 2.31. The zero-order chi connectivity index (χ0) is 16.2. The Hall–Kier alpha value is -2.72. The molecule has 1 atom stereocenters. The van der Waals surface area contributed by atoms with Gasteiger partial charge in [0.15, 0.2) is 0 Å². The van der Waals surface area contributed by atoms with Gasteiger partial charge in [-0.3, -0.25) is 9.69 Å². The summed E-state index contributed by atoms with van der Waals surface area (Å²) in [4.78, 5) is 28.3. The normalized spacial score (nSPS) is 18.6. The molecule has 23 heavy (non-hydrogen) atoms. The second-order valence-corrected chi connectivity index (χ2v) is 5.41. The molecule has 7 heteroatoms. The van der Waals surface area contributed by atoms with Crippen LogP contribution in [0.1, 0.15) is 34.8 Å². The molecule has 1 saturated heterocycles. The van der Waals surface area contributed by atoms with Crippen molar-refractivity contribution in [2.75, 3.05) is 26.2 Å². The van der Waals surface area contributed by atoms with Crippen molar-refractivity contribution in [3.63, 3.8) is 0 Å². The van der Waals surface area contributed by atoms with Crippen molar-refractivity contribution >= 4 is 5.91 Å². The van der Waals surface area contributed by atoms with E-state index in [-0.39, 0.29) is 11.9 Å². The van der Waals surface area contributed by atoms with Gasteiger partial charge in [-0.25, -0.2) is 9.97 Å². The van der Waals surface area contributed by atoms with Crippen LogP contribution in [0.5, 0.6) is 0 Å². The lowest BCUT2D eigenvalue weighted by Gasteiger charge is -2.39. The summed E-state index contributed by atoms with van der Waals surface area (Å²) in [6, 6.07) is 5.29. The van der Waals surface area contributed by atoms with E-state index in [4.69, 9.17) is 5.26 Å². The van der Waals surface area contributed by atoms with Crippen LogP contribution in [-0.2, 0) is 0 Å². The van der Waals surface area contributed by atoms with Crippen LogP contribution in [-0.4, -0.2) is 56.8 Å². The van der Waals surface area contributed by atoms with Gasteiger partial charge >= 0.3 is 0 Å². The number of carbonyl (C=O) groups is 1. The third-order valence-electron chi connectivity index (χ3n) is 4.13. The summed E-state index contributed by atoms with van der Waals surface area (Å²) in [6.45, 7) is 5.04. The number of nitrogens with one attached hydrogen (secondary N) is 1. The molecule has 0 aromatic carbocycles. The highest BCUT2D eigenvalue weighted by molar-refractivity contribution is 5.92. The Bertz CT molecular complexity index is 703. The van der Waals surface area contributed by atoms with Gasteiger partial charge in [0.2, 0.25) is 0 Å². The smallest absolute Gasteiger partial charge is 0.272 e. The van der Waals surface area contributed by atoms with Crippen molar-refractivity contribution in [3.05, 3.63) is 47.8 Å². The van der Waals surface area contributed by atoms with Crippen molar-refractivity contribution in [1.82, 2.24) is 24.8 Å². The number of likely N-dealkylation sites (N-methyl/N-ethyl adjacent to an activating group) is 1. The number of carbonyl (C=O) groups excluding carboxylic acids is 1. The molecule has 118 valence electrons. The minimum Gasteiger partial charge on any atom is -0.347 e. The van der Waals surface area contributed by atoms with Crippen LogP contribution in [0, 0.1) is 11.3 Å². The molecule has 1 aliphatic heterocycles. The lowest BCUT2D eigenvalue weighted by Crippen LogP contribution is -2.50. The maximum absolute atomic E-state index is 12.6. The number of rotatable bonds is 3. The van der Waals surface area contributed by atoms with E-state index in [9.17, 15) is 4.79 Å². The number of imidazole rings is 1. The molecule has 1 N–H and O–H groups in total. The van der Waals surface area contributed by atoms with Gasteiger partial charge in [-0.05, 0) is 18.7 Å². The summed E-state index contributed by atoms with van der Waals surface area (Å²) in [5, 5.41) is 8.81. The molecular formula is C16H18N6O. The Morgan fingerprint density at radius 3 is 2.91 bits per heavy atom. The highest BCUT2D eigenvalue weighted by Crippen LogP contribution is 2.23. The van der Waals surface area contributed by atoms with E-state index in [2.05, 4.69) is 26.8 Å². The first-order valence-electron chi connectivity index (χ1n) is 7.61. The Labute approximate surface area is 134 Å². The molecule has 1 fully saturated rings. The number of H-pyrrole nitrogens is 1. The number of nitriles is 1. The molecule has 2 aromatic rings. The molecule has 0 unspecified atom stereocenters. The van der Waals surface area contributed by atoms with Crippen LogP contribution >= 0.6 is 0 Å². The SMILES string of the molecule is CCN1CCN(C(=O)c2ccc(C#N)cn2)C[C@H]1c1ncc[nH]1. The van der Waals surface area contributed by atoms with E-state index in [1.165, 1.54) is 6.20 Å². The topological polar surface area (TPSA) is 88.9 Å². The number of hydrogen-bond acceptors (Lipinski definition) is 5. The van der Waals surface area contributed by atoms with Crippen LogP contribution in [0.3, 0.4) is 0 Å². The van der Waals surface area contributed by atoms with Crippen molar-refractivity contribution in [3.8, 4) is 6.07 Å². The molecule has 3 rings (SSSR count). The van der Waals surface area contributed by atoms with Gasteiger partial charge < -0.3 is 9.88 Å². The Balaban J connectivity index is 1.77. The Morgan fingerprint density at radius 2 is 2.30 bits per heavy atom. The molecule has 2 aromatic heterocycles. The first kappa shape index (κ1) is 15.2. The lowest BCUT2D eigenvalue weighted by molar-refractivity contribution is 0.0475. The van der Waals surface area contributed by atoms with Crippen molar-refractivity contribution in [2.45, 2.75) is 13.0 Å². The predicted molar refractivity (Wildman–Crippen MR) is 83.4 cm³/mol. The van der Waals surface area contributed by atoms with E-state index in [0.29, 0.717) is 24.3 Å². The fraction of sp³-hybridized carbons (Fsp3) is 0.375. The minimum absolute atomic E-state index is 0.0612. The molecule has 0 bridgehead atoms. The number of aromatic nitrogens is 3. The van der Waals surface area contributed by atoms with E-state index >= 15 is 0 Å². The van der Waals surface area contributed by atoms with E-state index in [1.807, 2.05) is 6.07 Å². The molecule has 0 saturated carbocycles. The fourth-order valence-corrected chi connectivity index (χ4v) is 2.85. The van der Waals surface area contributed by atoms with Gasteiger partial charge in [0.25, 0.3) is 5.91 Å². The van der Waals surface area contributed by atoms with Crippen LogP contribution < -0.4 is 0 Å². The molecule has 1 aliphatic rings. The lowest BCUT2D eigenvalue weighted by atomic mass is 10.1. The Morgan fingerprint density at radius 1 is 1.43 bits per heavy atom. The number of hydrogen-bond donors (Lipinski definition) is 1. The minimum atomic E-state index is -0.109. The van der Waals surface area contributed by atoms with Crippen molar-refractivity contribution in [2.24, 2.45) is 0 Å². The van der Waals surface area contributed by atoms with Crippen LogP contribution in [0.15, 0.2) is 30.7 Å². The number of amides is 1. The zero-order valence-corrected chi connectivity index (χ0v) is 12.9. The Kier molecular flexibility index (Phi) is 4.35. The maximum Gasteiger partial charge on any atom is 0.272 e. The zero-order valence-electron chi connectivity index (χ0n) is 12.9. The summed E-state index contributed by atoms with van der Waals surface area (Å²) in [6.07, 6.45) is 4.96. The van der Waals surface area contributed by atoms with Gasteiger partial charge in [0.05, 0.1) is 11.6 Å². The molecule has 0 spiro atoms. The first-order valence-corrected chi connectivity index (χ1v) is 7.61. The summed E-state index contributed by atoms with van der Waals surface area (Å²) in [7, 11) is 0. The second-order valence-electron chi connectivity index (χ2n) is 5.41. The molecule has 0 aliphatic carbocycles. The monoisotopic (exact) mass is 310 g/mol. The maximum atomic E-state index is 12.6. The van der Waals surface area contributed by atoms with Crippen LogP contribution in [0.25, 0.3) is 0 Å². The molecular weight excluding hydrogens is 292 g/mol. The largest absolute Gasteiger partial charge is 0.347 e. The molecule has 7 nitrogen and oxygen atoms in total. The van der Waals surface area contributed by atoms with Gasteiger partial charge in [-0.2, -0.15) is 5.26 Å². The average molecular weight is 310 g/mol. The van der Waals surface area contributed by atoms with Gasteiger partial charge in [0.1, 0.15) is 17.6 Å². The summed E-state index contributed by atoms with van der Waals surface area (Å²) in [5.74, 6) is 0.763. The number of piperazine rings is 1. The van der Waals surface area contributed by atoms with Crippen molar-refractivity contribution < 1.29 is 4.79 Å². The average Bonchev–Trinajstić information content (AvgIpc) is 3.15.